The standard InChI is InChI=1S/C21H17FN4O5/c22-13-3-7-16(8-4-13)31-15-5-1-12(2-6-15)17-9-14(10-18(26-17)20(23)29)25-21(30)24-11-19(27)28/h1-10H,11H2,(H2,23,29)(H,27,28)(H2,24,25,26,30). The highest BCUT2D eigenvalue weighted by Gasteiger charge is 2.12. The molecule has 0 fully saturated rings. The first-order valence-corrected chi connectivity index (χ1v) is 8.92. The molecule has 9 nitrogen and oxygen atoms in total. The smallest absolute Gasteiger partial charge is 0.323 e. The third-order valence-electron chi connectivity index (χ3n) is 3.94. The molecule has 2 aromatic carbocycles. The number of carbonyl (C=O) groups excluding carboxylic acids is 2. The molecule has 0 aliphatic heterocycles. The van der Waals surface area contributed by atoms with Crippen LogP contribution < -0.4 is 21.1 Å². The molecule has 5 N–H and O–H groups in total. The van der Waals surface area contributed by atoms with Gasteiger partial charge in [0, 0.05) is 11.3 Å². The summed E-state index contributed by atoms with van der Waals surface area (Å²) in [5.41, 5.74) is 6.39. The third kappa shape index (κ3) is 6.00. The summed E-state index contributed by atoms with van der Waals surface area (Å²) in [5.74, 6) is -1.42. The van der Waals surface area contributed by atoms with E-state index in [-0.39, 0.29) is 17.2 Å². The quantitative estimate of drug-likeness (QED) is 0.459. The highest BCUT2D eigenvalue weighted by Crippen LogP contribution is 2.27. The van der Waals surface area contributed by atoms with Gasteiger partial charge in [-0.2, -0.15) is 0 Å². The molecule has 3 aromatic rings. The first kappa shape index (κ1) is 21.2. The molecule has 0 radical (unpaired) electrons. The van der Waals surface area contributed by atoms with Gasteiger partial charge in [0.2, 0.25) is 0 Å². The van der Waals surface area contributed by atoms with Crippen molar-refractivity contribution in [1.29, 1.82) is 0 Å². The third-order valence-corrected chi connectivity index (χ3v) is 3.94. The van der Waals surface area contributed by atoms with Crippen molar-refractivity contribution in [1.82, 2.24) is 10.3 Å². The molecule has 0 aliphatic carbocycles. The molecule has 0 saturated heterocycles. The molecule has 0 aliphatic rings. The number of hydrogen-bond acceptors (Lipinski definition) is 5. The van der Waals surface area contributed by atoms with Crippen LogP contribution in [-0.4, -0.2) is 34.5 Å². The number of urea groups is 1. The fourth-order valence-corrected chi connectivity index (χ4v) is 2.54. The zero-order valence-corrected chi connectivity index (χ0v) is 16.0. The van der Waals surface area contributed by atoms with E-state index in [2.05, 4.69) is 15.6 Å². The zero-order valence-electron chi connectivity index (χ0n) is 16.0. The fourth-order valence-electron chi connectivity index (χ4n) is 2.54. The summed E-state index contributed by atoms with van der Waals surface area (Å²) in [4.78, 5) is 38.2. The lowest BCUT2D eigenvalue weighted by molar-refractivity contribution is -0.135. The summed E-state index contributed by atoms with van der Waals surface area (Å²) >= 11 is 0. The van der Waals surface area contributed by atoms with Gasteiger partial charge in [-0.3, -0.25) is 9.59 Å². The van der Waals surface area contributed by atoms with E-state index in [4.69, 9.17) is 15.6 Å². The van der Waals surface area contributed by atoms with Crippen LogP contribution in [0.25, 0.3) is 11.3 Å². The Balaban J connectivity index is 1.81. The Morgan fingerprint density at radius 2 is 1.61 bits per heavy atom. The SMILES string of the molecule is NC(=O)c1cc(NC(=O)NCC(=O)O)cc(-c2ccc(Oc3ccc(F)cc3)cc2)n1. The second-order valence-corrected chi connectivity index (χ2v) is 6.27. The van der Waals surface area contributed by atoms with Gasteiger partial charge in [-0.1, -0.05) is 0 Å². The summed E-state index contributed by atoms with van der Waals surface area (Å²) in [5, 5.41) is 13.2. The monoisotopic (exact) mass is 424 g/mol. The lowest BCUT2D eigenvalue weighted by Gasteiger charge is -2.10. The molecule has 3 rings (SSSR count). The number of nitrogens with zero attached hydrogens (tertiary/aromatic N) is 1. The number of carboxylic acid groups (broad SMARTS) is 1. The fraction of sp³-hybridized carbons (Fsp3) is 0.0476. The van der Waals surface area contributed by atoms with E-state index in [1.54, 1.807) is 24.3 Å². The minimum Gasteiger partial charge on any atom is -0.480 e. The summed E-state index contributed by atoms with van der Waals surface area (Å²) in [7, 11) is 0. The van der Waals surface area contributed by atoms with Crippen molar-refractivity contribution in [3.05, 3.63) is 72.2 Å². The van der Waals surface area contributed by atoms with E-state index < -0.39 is 24.5 Å². The normalized spacial score (nSPS) is 10.2. The van der Waals surface area contributed by atoms with Crippen molar-refractivity contribution < 1.29 is 28.6 Å². The van der Waals surface area contributed by atoms with Crippen molar-refractivity contribution in [3.8, 4) is 22.8 Å². The van der Waals surface area contributed by atoms with Gasteiger partial charge < -0.3 is 26.2 Å². The zero-order chi connectivity index (χ0) is 22.4. The number of amides is 3. The lowest BCUT2D eigenvalue weighted by atomic mass is 10.1. The van der Waals surface area contributed by atoms with Crippen LogP contribution in [0.2, 0.25) is 0 Å². The molecule has 0 spiro atoms. The molecule has 3 amide bonds. The number of primary amides is 1. The molecule has 10 heteroatoms. The molecule has 0 atom stereocenters. The molecule has 1 heterocycles. The molecule has 0 unspecified atom stereocenters. The van der Waals surface area contributed by atoms with E-state index in [0.717, 1.165) is 0 Å². The number of benzene rings is 2. The molecule has 158 valence electrons. The molecule has 31 heavy (non-hydrogen) atoms. The Bertz CT molecular complexity index is 1120. The molecule has 0 bridgehead atoms. The number of nitrogens with two attached hydrogens (primary N) is 1. The maximum atomic E-state index is 13.0. The van der Waals surface area contributed by atoms with Gasteiger partial charge in [0.15, 0.2) is 0 Å². The lowest BCUT2D eigenvalue weighted by Crippen LogP contribution is -2.33. The van der Waals surface area contributed by atoms with E-state index in [1.807, 2.05) is 0 Å². The Kier molecular flexibility index (Phi) is 6.41. The number of ether oxygens (including phenoxy) is 1. The summed E-state index contributed by atoms with van der Waals surface area (Å²) in [6, 6.07) is 14.2. The van der Waals surface area contributed by atoms with Crippen LogP contribution in [0, 0.1) is 5.82 Å². The maximum Gasteiger partial charge on any atom is 0.323 e. The Labute approximate surface area is 175 Å². The number of hydrogen-bond donors (Lipinski definition) is 4. The molecular weight excluding hydrogens is 407 g/mol. The Morgan fingerprint density at radius 3 is 2.19 bits per heavy atom. The highest BCUT2D eigenvalue weighted by molar-refractivity contribution is 5.96. The summed E-state index contributed by atoms with van der Waals surface area (Å²) < 4.78 is 18.6. The largest absolute Gasteiger partial charge is 0.480 e. The second-order valence-electron chi connectivity index (χ2n) is 6.27. The van der Waals surface area contributed by atoms with Gasteiger partial charge in [-0.15, -0.1) is 0 Å². The number of nitrogens with one attached hydrogen (secondary N) is 2. The van der Waals surface area contributed by atoms with Crippen LogP contribution in [0.15, 0.2) is 60.7 Å². The van der Waals surface area contributed by atoms with Crippen LogP contribution in [0.4, 0.5) is 14.9 Å². The number of rotatable bonds is 7. The number of aromatic nitrogens is 1. The topological polar surface area (TPSA) is 144 Å². The number of aliphatic carboxylic acids is 1. The second kappa shape index (κ2) is 9.35. The first-order chi connectivity index (χ1) is 14.8. The van der Waals surface area contributed by atoms with Crippen LogP contribution >= 0.6 is 0 Å². The number of carbonyl (C=O) groups is 3. The average Bonchev–Trinajstić information content (AvgIpc) is 2.74. The number of carboxylic acids is 1. The van der Waals surface area contributed by atoms with Crippen molar-refractivity contribution in [2.24, 2.45) is 5.73 Å². The van der Waals surface area contributed by atoms with E-state index >= 15 is 0 Å². The van der Waals surface area contributed by atoms with Crippen molar-refractivity contribution in [3.63, 3.8) is 0 Å². The molecular formula is C21H17FN4O5. The first-order valence-electron chi connectivity index (χ1n) is 8.92. The summed E-state index contributed by atoms with van der Waals surface area (Å²) in [6.07, 6.45) is 0. The van der Waals surface area contributed by atoms with Gasteiger partial charge in [0.1, 0.15) is 29.6 Å². The Morgan fingerprint density at radius 1 is 1.00 bits per heavy atom. The van der Waals surface area contributed by atoms with Crippen LogP contribution in [-0.2, 0) is 4.79 Å². The van der Waals surface area contributed by atoms with Gasteiger partial charge in [0.05, 0.1) is 5.69 Å². The van der Waals surface area contributed by atoms with Gasteiger partial charge in [0.25, 0.3) is 5.91 Å². The Hall–Kier alpha value is -4.47. The predicted octanol–water partition coefficient (Wildman–Crippen LogP) is 2.99. The van der Waals surface area contributed by atoms with Crippen LogP contribution in [0.5, 0.6) is 11.5 Å². The van der Waals surface area contributed by atoms with E-state index in [9.17, 15) is 18.8 Å². The van der Waals surface area contributed by atoms with Gasteiger partial charge in [-0.25, -0.2) is 14.2 Å². The number of pyridine rings is 1. The van der Waals surface area contributed by atoms with Gasteiger partial charge in [-0.05, 0) is 60.7 Å². The molecule has 1 aromatic heterocycles. The van der Waals surface area contributed by atoms with Gasteiger partial charge >= 0.3 is 12.0 Å². The highest BCUT2D eigenvalue weighted by atomic mass is 19.1. The van der Waals surface area contributed by atoms with Crippen molar-refractivity contribution in [2.75, 3.05) is 11.9 Å². The minimum atomic E-state index is -1.20. The minimum absolute atomic E-state index is 0.0855. The van der Waals surface area contributed by atoms with E-state index in [1.165, 1.54) is 36.4 Å². The number of halogens is 1. The van der Waals surface area contributed by atoms with Crippen molar-refractivity contribution in [2.45, 2.75) is 0 Å². The van der Waals surface area contributed by atoms with Crippen molar-refractivity contribution >= 4 is 23.6 Å². The maximum absolute atomic E-state index is 13.0. The van der Waals surface area contributed by atoms with Crippen LogP contribution in [0.3, 0.4) is 0 Å². The summed E-state index contributed by atoms with van der Waals surface area (Å²) in [6.45, 7) is -0.567. The average molecular weight is 424 g/mol. The van der Waals surface area contributed by atoms with Crippen LogP contribution in [0.1, 0.15) is 10.5 Å². The number of anilines is 1. The van der Waals surface area contributed by atoms with E-state index in [0.29, 0.717) is 22.8 Å². The molecule has 0 saturated carbocycles. The predicted molar refractivity (Wildman–Crippen MR) is 109 cm³/mol.